The summed E-state index contributed by atoms with van der Waals surface area (Å²) in [6.45, 7) is 21.0. The van der Waals surface area contributed by atoms with Crippen molar-refractivity contribution >= 4 is 8.80 Å². The van der Waals surface area contributed by atoms with Gasteiger partial charge in [0.15, 0.2) is 0 Å². The molecule has 0 N–H and O–H groups in total. The van der Waals surface area contributed by atoms with Gasteiger partial charge in [0.05, 0.1) is 0 Å². The molecule has 0 heterocycles. The van der Waals surface area contributed by atoms with Crippen LogP contribution in [0.4, 0.5) is 0 Å². The van der Waals surface area contributed by atoms with Crippen molar-refractivity contribution in [2.45, 2.75) is 62.3 Å². The normalized spacial score (nSPS) is 14.8. The summed E-state index contributed by atoms with van der Waals surface area (Å²) in [7, 11) is -2.81. The molecular formula is C16H34O3Si. The van der Waals surface area contributed by atoms with E-state index in [2.05, 4.69) is 47.6 Å². The van der Waals surface area contributed by atoms with Crippen LogP contribution in [0.1, 0.15) is 62.3 Å². The summed E-state index contributed by atoms with van der Waals surface area (Å²) in [4.78, 5) is 0. The van der Waals surface area contributed by atoms with Gasteiger partial charge in [0.25, 0.3) is 0 Å². The van der Waals surface area contributed by atoms with Crippen LogP contribution in [0, 0.1) is 10.8 Å². The molecule has 0 saturated heterocycles. The molecule has 0 fully saturated rings. The predicted molar refractivity (Wildman–Crippen MR) is 87.6 cm³/mol. The zero-order chi connectivity index (χ0) is 16.0. The Kier molecular flexibility index (Phi) is 7.67. The maximum atomic E-state index is 6.07. The van der Waals surface area contributed by atoms with Crippen LogP contribution in [0.15, 0.2) is 11.3 Å². The largest absolute Gasteiger partial charge is 0.533 e. The van der Waals surface area contributed by atoms with Crippen molar-refractivity contribution in [1.82, 2.24) is 0 Å². The van der Waals surface area contributed by atoms with E-state index in [1.165, 1.54) is 5.20 Å². The third-order valence-corrected chi connectivity index (χ3v) is 6.28. The van der Waals surface area contributed by atoms with E-state index < -0.39 is 8.80 Å². The summed E-state index contributed by atoms with van der Waals surface area (Å²) in [5, 5.41) is 1.18. The lowest BCUT2D eigenvalue weighted by Gasteiger charge is -2.38. The van der Waals surface area contributed by atoms with E-state index in [0.717, 1.165) is 0 Å². The van der Waals surface area contributed by atoms with Crippen molar-refractivity contribution < 1.29 is 13.3 Å². The summed E-state index contributed by atoms with van der Waals surface area (Å²) in [6, 6.07) is 0. The molecule has 3 nitrogen and oxygen atoms in total. The topological polar surface area (TPSA) is 27.7 Å². The Hall–Kier alpha value is -0.163. The molecule has 0 aromatic heterocycles. The SMILES string of the molecule is CCO[Si](OCC)(OCC)C(=CC(C)(C)C)C(C)(C)C. The molecule has 0 aliphatic carbocycles. The third-order valence-electron chi connectivity index (χ3n) is 2.72. The Morgan fingerprint density at radius 3 is 1.35 bits per heavy atom. The van der Waals surface area contributed by atoms with Crippen LogP contribution in [-0.4, -0.2) is 28.6 Å². The summed E-state index contributed by atoms with van der Waals surface area (Å²) >= 11 is 0. The summed E-state index contributed by atoms with van der Waals surface area (Å²) in [6.07, 6.45) is 2.28. The average molecular weight is 303 g/mol. The Bertz CT molecular complexity index is 294. The second-order valence-corrected chi connectivity index (χ2v) is 9.55. The van der Waals surface area contributed by atoms with Crippen molar-refractivity contribution in [2.24, 2.45) is 10.8 Å². The molecule has 0 amide bonds. The first kappa shape index (κ1) is 19.8. The van der Waals surface area contributed by atoms with Gasteiger partial charge in [-0.15, -0.1) is 0 Å². The molecule has 0 unspecified atom stereocenters. The monoisotopic (exact) mass is 302 g/mol. The summed E-state index contributed by atoms with van der Waals surface area (Å²) < 4.78 is 18.2. The number of rotatable bonds is 7. The molecule has 120 valence electrons. The molecule has 20 heavy (non-hydrogen) atoms. The number of allylic oxidation sites excluding steroid dienone is 2. The minimum atomic E-state index is -2.81. The summed E-state index contributed by atoms with van der Waals surface area (Å²) in [5.74, 6) is 0. The minimum absolute atomic E-state index is 0.0426. The van der Waals surface area contributed by atoms with Crippen LogP contribution in [0.3, 0.4) is 0 Å². The lowest BCUT2D eigenvalue weighted by atomic mass is 9.88. The number of hydrogen-bond acceptors (Lipinski definition) is 3. The van der Waals surface area contributed by atoms with Gasteiger partial charge in [0.1, 0.15) is 0 Å². The van der Waals surface area contributed by atoms with E-state index in [0.29, 0.717) is 19.8 Å². The molecule has 0 saturated carbocycles. The van der Waals surface area contributed by atoms with Gasteiger partial charge in [-0.25, -0.2) is 0 Å². The quantitative estimate of drug-likeness (QED) is 0.644. The zero-order valence-electron chi connectivity index (χ0n) is 14.9. The lowest BCUT2D eigenvalue weighted by molar-refractivity contribution is 0.0749. The molecule has 4 heteroatoms. The molecule has 0 aromatic carbocycles. The van der Waals surface area contributed by atoms with Gasteiger partial charge in [-0.05, 0) is 31.6 Å². The van der Waals surface area contributed by atoms with Crippen LogP contribution in [0.2, 0.25) is 0 Å². The van der Waals surface area contributed by atoms with Crippen LogP contribution >= 0.6 is 0 Å². The fraction of sp³-hybridized carbons (Fsp3) is 0.875. The van der Waals surface area contributed by atoms with Gasteiger partial charge in [0.2, 0.25) is 0 Å². The smallest absolute Gasteiger partial charge is 0.370 e. The van der Waals surface area contributed by atoms with Crippen LogP contribution in [0.25, 0.3) is 0 Å². The molecule has 0 bridgehead atoms. The average Bonchev–Trinajstić information content (AvgIpc) is 2.24. The van der Waals surface area contributed by atoms with Gasteiger partial charge >= 0.3 is 8.80 Å². The fourth-order valence-electron chi connectivity index (χ4n) is 2.13. The van der Waals surface area contributed by atoms with E-state index in [9.17, 15) is 0 Å². The van der Waals surface area contributed by atoms with Crippen LogP contribution in [0.5, 0.6) is 0 Å². The first-order valence-corrected chi connectivity index (χ1v) is 9.40. The van der Waals surface area contributed by atoms with Crippen molar-refractivity contribution in [3.8, 4) is 0 Å². The highest BCUT2D eigenvalue weighted by atomic mass is 28.4. The Morgan fingerprint density at radius 2 is 1.15 bits per heavy atom. The van der Waals surface area contributed by atoms with Crippen LogP contribution < -0.4 is 0 Å². The number of hydrogen-bond donors (Lipinski definition) is 0. The van der Waals surface area contributed by atoms with E-state index in [1.54, 1.807) is 0 Å². The first-order chi connectivity index (χ1) is 9.02. The zero-order valence-corrected chi connectivity index (χ0v) is 15.9. The van der Waals surface area contributed by atoms with Gasteiger partial charge in [0, 0.05) is 25.0 Å². The molecule has 0 atom stereocenters. The van der Waals surface area contributed by atoms with Gasteiger partial charge in [-0.3, -0.25) is 0 Å². The molecule has 0 spiro atoms. The van der Waals surface area contributed by atoms with E-state index in [-0.39, 0.29) is 10.8 Å². The maximum Gasteiger partial charge on any atom is 0.533 e. The molecule has 0 aliphatic heterocycles. The second kappa shape index (κ2) is 7.73. The minimum Gasteiger partial charge on any atom is -0.370 e. The fourth-order valence-corrected chi connectivity index (χ4v) is 5.51. The molecule has 0 rings (SSSR count). The predicted octanol–water partition coefficient (Wildman–Crippen LogP) is 4.59. The standard InChI is InChI=1S/C16H34O3Si/c1-10-17-20(18-11-2,19-12-3)14(16(7,8)9)13-15(4,5)6/h13H,10-12H2,1-9H3. The van der Waals surface area contributed by atoms with Crippen molar-refractivity contribution in [3.05, 3.63) is 11.3 Å². The van der Waals surface area contributed by atoms with E-state index in [4.69, 9.17) is 13.3 Å². The maximum absolute atomic E-state index is 6.07. The highest BCUT2D eigenvalue weighted by molar-refractivity contribution is 6.69. The van der Waals surface area contributed by atoms with Crippen molar-refractivity contribution in [3.63, 3.8) is 0 Å². The highest BCUT2D eigenvalue weighted by Crippen LogP contribution is 2.38. The first-order valence-electron chi connectivity index (χ1n) is 7.68. The Balaban J connectivity index is 5.92. The molecule has 0 aromatic rings. The van der Waals surface area contributed by atoms with E-state index in [1.807, 2.05) is 20.8 Å². The lowest BCUT2D eigenvalue weighted by Crippen LogP contribution is -2.52. The van der Waals surface area contributed by atoms with Crippen molar-refractivity contribution in [2.75, 3.05) is 19.8 Å². The van der Waals surface area contributed by atoms with Gasteiger partial charge < -0.3 is 13.3 Å². The summed E-state index contributed by atoms with van der Waals surface area (Å²) in [5.41, 5.74) is 0.0190. The van der Waals surface area contributed by atoms with Gasteiger partial charge in [-0.2, -0.15) is 0 Å². The Labute approximate surface area is 127 Å². The van der Waals surface area contributed by atoms with Crippen LogP contribution in [-0.2, 0) is 13.3 Å². The second-order valence-electron chi connectivity index (χ2n) is 7.03. The third kappa shape index (κ3) is 6.08. The molecule has 0 aliphatic rings. The van der Waals surface area contributed by atoms with Crippen molar-refractivity contribution in [1.29, 1.82) is 0 Å². The molecule has 0 radical (unpaired) electrons. The van der Waals surface area contributed by atoms with E-state index >= 15 is 0 Å². The highest BCUT2D eigenvalue weighted by Gasteiger charge is 2.50. The molecular weight excluding hydrogens is 268 g/mol. The Morgan fingerprint density at radius 1 is 0.800 bits per heavy atom. The van der Waals surface area contributed by atoms with Gasteiger partial charge in [-0.1, -0.05) is 47.6 Å².